The van der Waals surface area contributed by atoms with E-state index in [9.17, 15) is 14.9 Å². The van der Waals surface area contributed by atoms with Crippen molar-refractivity contribution in [3.8, 4) is 0 Å². The number of hydrogen-bond acceptors (Lipinski definition) is 5. The number of carbonyl (C=O) groups is 1. The van der Waals surface area contributed by atoms with Crippen LogP contribution in [0.1, 0.15) is 36.7 Å². The highest BCUT2D eigenvalue weighted by Crippen LogP contribution is 2.28. The molecule has 1 aliphatic rings. The molecule has 0 aliphatic carbocycles. The molecule has 6 nitrogen and oxygen atoms in total. The van der Waals surface area contributed by atoms with Gasteiger partial charge in [0.1, 0.15) is 0 Å². The monoisotopic (exact) mass is 399 g/mol. The largest absolute Gasteiger partial charge is 0.336 e. The van der Waals surface area contributed by atoms with Gasteiger partial charge in [0.2, 0.25) is 0 Å². The molecule has 0 unspecified atom stereocenters. The summed E-state index contributed by atoms with van der Waals surface area (Å²) in [6.07, 6.45) is 0. The van der Waals surface area contributed by atoms with Crippen molar-refractivity contribution >= 4 is 23.5 Å². The van der Waals surface area contributed by atoms with Crippen LogP contribution < -0.4 is 0 Å². The van der Waals surface area contributed by atoms with Crippen LogP contribution in [0.15, 0.2) is 53.4 Å². The second-order valence-electron chi connectivity index (χ2n) is 7.89. The highest BCUT2D eigenvalue weighted by molar-refractivity contribution is 7.97. The lowest BCUT2D eigenvalue weighted by Gasteiger charge is -2.34. The third-order valence-corrected chi connectivity index (χ3v) is 5.89. The molecule has 7 heteroatoms. The van der Waals surface area contributed by atoms with Crippen molar-refractivity contribution in [3.05, 3.63) is 69.8 Å². The molecule has 1 amide bonds. The Balaban J connectivity index is 1.56. The molecule has 0 bridgehead atoms. The summed E-state index contributed by atoms with van der Waals surface area (Å²) in [5.41, 5.74) is 1.76. The van der Waals surface area contributed by atoms with Crippen molar-refractivity contribution in [3.63, 3.8) is 0 Å². The number of rotatable bonds is 4. The van der Waals surface area contributed by atoms with E-state index in [-0.39, 0.29) is 17.0 Å². The van der Waals surface area contributed by atoms with Gasteiger partial charge < -0.3 is 4.90 Å². The maximum atomic E-state index is 12.6. The number of amides is 1. The minimum atomic E-state index is -0.476. The molecule has 0 N–H and O–H groups in total. The van der Waals surface area contributed by atoms with Crippen LogP contribution in [-0.2, 0) is 5.41 Å². The molecule has 0 atom stereocenters. The summed E-state index contributed by atoms with van der Waals surface area (Å²) in [5.74, 6) is -0.150. The zero-order valence-corrected chi connectivity index (χ0v) is 17.2. The van der Waals surface area contributed by atoms with Gasteiger partial charge in [-0.05, 0) is 41.1 Å². The molecule has 0 saturated carbocycles. The predicted octanol–water partition coefficient (Wildman–Crippen LogP) is 4.36. The van der Waals surface area contributed by atoms with Crippen LogP contribution >= 0.6 is 11.9 Å². The van der Waals surface area contributed by atoms with E-state index in [2.05, 4.69) is 49.3 Å². The fourth-order valence-corrected chi connectivity index (χ4v) is 3.98. The van der Waals surface area contributed by atoms with E-state index < -0.39 is 4.92 Å². The first-order valence-electron chi connectivity index (χ1n) is 9.31. The van der Waals surface area contributed by atoms with Crippen molar-refractivity contribution < 1.29 is 9.72 Å². The van der Waals surface area contributed by atoms with Crippen molar-refractivity contribution in [2.24, 2.45) is 0 Å². The van der Waals surface area contributed by atoms with Gasteiger partial charge in [0.25, 0.3) is 11.6 Å². The molecule has 28 heavy (non-hydrogen) atoms. The molecule has 1 heterocycles. The number of nitro benzene ring substituents is 1. The van der Waals surface area contributed by atoms with Crippen molar-refractivity contribution in [1.29, 1.82) is 0 Å². The van der Waals surface area contributed by atoms with Gasteiger partial charge in [0, 0.05) is 48.8 Å². The Morgan fingerprint density at radius 2 is 1.68 bits per heavy atom. The molecule has 0 radical (unpaired) electrons. The van der Waals surface area contributed by atoms with Gasteiger partial charge in [-0.2, -0.15) is 0 Å². The van der Waals surface area contributed by atoms with Crippen LogP contribution in [0.25, 0.3) is 0 Å². The number of carbonyl (C=O) groups excluding carboxylic acids is 1. The number of nitro groups is 1. The second-order valence-corrected chi connectivity index (χ2v) is 9.06. The lowest BCUT2D eigenvalue weighted by Crippen LogP contribution is -2.46. The Hall–Kier alpha value is -2.38. The van der Waals surface area contributed by atoms with E-state index in [0.717, 1.165) is 13.1 Å². The minimum absolute atomic E-state index is 0.0567. The van der Waals surface area contributed by atoms with Gasteiger partial charge in [0.05, 0.1) is 4.92 Å². The second kappa shape index (κ2) is 8.32. The highest BCUT2D eigenvalue weighted by Gasteiger charge is 2.24. The number of nitrogens with zero attached hydrogens (tertiary/aromatic N) is 3. The summed E-state index contributed by atoms with van der Waals surface area (Å²) in [4.78, 5) is 26.0. The first-order chi connectivity index (χ1) is 13.2. The highest BCUT2D eigenvalue weighted by atomic mass is 32.2. The molecule has 0 aromatic heterocycles. The zero-order chi connectivity index (χ0) is 20.3. The third kappa shape index (κ3) is 4.91. The summed E-state index contributed by atoms with van der Waals surface area (Å²) in [6, 6.07) is 14.6. The van der Waals surface area contributed by atoms with Crippen LogP contribution in [0.3, 0.4) is 0 Å². The van der Waals surface area contributed by atoms with Gasteiger partial charge in [-0.25, -0.2) is 4.31 Å². The predicted molar refractivity (Wildman–Crippen MR) is 112 cm³/mol. The van der Waals surface area contributed by atoms with Gasteiger partial charge in [-0.1, -0.05) is 39.0 Å². The lowest BCUT2D eigenvalue weighted by atomic mass is 9.87. The summed E-state index contributed by atoms with van der Waals surface area (Å²) in [7, 11) is 0. The van der Waals surface area contributed by atoms with Crippen molar-refractivity contribution in [2.45, 2.75) is 31.1 Å². The smallest absolute Gasteiger partial charge is 0.270 e. The Bertz CT molecular complexity index is 854. The standard InChI is InChI=1S/C21H25N3O3S/c1-21(2,3)17-7-9-19(10-8-17)28-23-13-11-22(12-14-23)20(25)16-5-4-6-18(15-16)24(26)27/h4-10,15H,11-14H2,1-3H3. The van der Waals surface area contributed by atoms with E-state index in [0.29, 0.717) is 18.7 Å². The van der Waals surface area contributed by atoms with Crippen LogP contribution in [-0.4, -0.2) is 46.2 Å². The van der Waals surface area contributed by atoms with Crippen molar-refractivity contribution in [2.75, 3.05) is 26.2 Å². The summed E-state index contributed by atoms with van der Waals surface area (Å²) >= 11 is 1.71. The van der Waals surface area contributed by atoms with Crippen LogP contribution in [0.4, 0.5) is 5.69 Å². The lowest BCUT2D eigenvalue weighted by molar-refractivity contribution is -0.384. The summed E-state index contributed by atoms with van der Waals surface area (Å²) in [6.45, 7) is 9.33. The maximum absolute atomic E-state index is 12.6. The van der Waals surface area contributed by atoms with E-state index in [1.165, 1.54) is 22.6 Å². The Labute approximate surface area is 169 Å². The van der Waals surface area contributed by atoms with E-state index in [1.807, 2.05) is 0 Å². The molecule has 1 fully saturated rings. The van der Waals surface area contributed by atoms with Crippen LogP contribution in [0, 0.1) is 10.1 Å². The normalized spacial score (nSPS) is 15.5. The fourth-order valence-electron chi connectivity index (χ4n) is 3.08. The third-order valence-electron chi connectivity index (χ3n) is 4.78. The molecule has 1 saturated heterocycles. The molecule has 0 spiro atoms. The number of non-ortho nitro benzene ring substituents is 1. The quantitative estimate of drug-likeness (QED) is 0.434. The Kier molecular flexibility index (Phi) is 6.05. The SMILES string of the molecule is CC(C)(C)c1ccc(SN2CCN(C(=O)c3cccc([N+](=O)[O-])c3)CC2)cc1. The van der Waals surface area contributed by atoms with E-state index in [4.69, 9.17) is 0 Å². The molecular weight excluding hydrogens is 374 g/mol. The first kappa shape index (κ1) is 20.4. The molecule has 2 aromatic rings. The average Bonchev–Trinajstić information content (AvgIpc) is 2.68. The first-order valence-corrected chi connectivity index (χ1v) is 10.1. The van der Waals surface area contributed by atoms with E-state index >= 15 is 0 Å². The molecule has 2 aromatic carbocycles. The number of piperazine rings is 1. The summed E-state index contributed by atoms with van der Waals surface area (Å²) in [5, 5.41) is 10.9. The van der Waals surface area contributed by atoms with Crippen LogP contribution in [0.2, 0.25) is 0 Å². The zero-order valence-electron chi connectivity index (χ0n) is 16.4. The summed E-state index contributed by atoms with van der Waals surface area (Å²) < 4.78 is 2.25. The minimum Gasteiger partial charge on any atom is -0.336 e. The molecule has 1 aliphatic heterocycles. The number of hydrogen-bond donors (Lipinski definition) is 0. The van der Waals surface area contributed by atoms with Crippen molar-refractivity contribution in [1.82, 2.24) is 9.21 Å². The molecule has 148 valence electrons. The van der Waals surface area contributed by atoms with Crippen LogP contribution in [0.5, 0.6) is 0 Å². The van der Waals surface area contributed by atoms with Gasteiger partial charge in [-0.3, -0.25) is 14.9 Å². The fraction of sp³-hybridized carbons (Fsp3) is 0.381. The van der Waals surface area contributed by atoms with Gasteiger partial charge in [-0.15, -0.1) is 0 Å². The number of benzene rings is 2. The Morgan fingerprint density at radius 3 is 2.25 bits per heavy atom. The topological polar surface area (TPSA) is 66.7 Å². The van der Waals surface area contributed by atoms with Gasteiger partial charge >= 0.3 is 0 Å². The Morgan fingerprint density at radius 1 is 1.04 bits per heavy atom. The maximum Gasteiger partial charge on any atom is 0.270 e. The molecular formula is C21H25N3O3S. The van der Waals surface area contributed by atoms with E-state index in [1.54, 1.807) is 29.0 Å². The average molecular weight is 400 g/mol. The molecule has 3 rings (SSSR count). The van der Waals surface area contributed by atoms with Gasteiger partial charge in [0.15, 0.2) is 0 Å².